The lowest BCUT2D eigenvalue weighted by Crippen LogP contribution is -2.16. The Morgan fingerprint density at radius 2 is 2.06 bits per heavy atom. The van der Waals surface area contributed by atoms with Gasteiger partial charge in [0.25, 0.3) is 0 Å². The molecule has 0 spiro atoms. The normalized spacial score (nSPS) is 11.9. The summed E-state index contributed by atoms with van der Waals surface area (Å²) < 4.78 is 17.8. The van der Waals surface area contributed by atoms with Gasteiger partial charge in [0.1, 0.15) is 0 Å². The Hall–Kier alpha value is -2.11. The Morgan fingerprint density at radius 1 is 1.41 bits per heavy atom. The molecule has 0 heterocycles. The molecule has 17 heavy (non-hydrogen) atoms. The maximum atomic E-state index is 13.1. The van der Waals surface area contributed by atoms with E-state index in [4.69, 9.17) is 14.9 Å². The number of aliphatic carboxylic acids is 2. The second kappa shape index (κ2) is 5.29. The highest BCUT2D eigenvalue weighted by Gasteiger charge is 2.24. The number of carbonyl (C=O) groups is 2. The van der Waals surface area contributed by atoms with Gasteiger partial charge >= 0.3 is 11.9 Å². The number of benzene rings is 1. The van der Waals surface area contributed by atoms with E-state index in [9.17, 15) is 14.0 Å². The number of carboxylic acid groups (broad SMARTS) is 2. The Morgan fingerprint density at radius 3 is 2.53 bits per heavy atom. The van der Waals surface area contributed by atoms with Crippen molar-refractivity contribution in [1.29, 1.82) is 0 Å². The summed E-state index contributed by atoms with van der Waals surface area (Å²) in [6, 6.07) is 3.47. The summed E-state index contributed by atoms with van der Waals surface area (Å²) in [6.07, 6.45) is -0.565. The predicted molar refractivity (Wildman–Crippen MR) is 55.6 cm³/mol. The third kappa shape index (κ3) is 3.17. The van der Waals surface area contributed by atoms with E-state index >= 15 is 0 Å². The first-order valence-corrected chi connectivity index (χ1v) is 4.73. The summed E-state index contributed by atoms with van der Waals surface area (Å²) in [5, 5.41) is 17.5. The molecule has 0 radical (unpaired) electrons. The Balaban J connectivity index is 3.10. The Bertz CT molecular complexity index is 443. The van der Waals surface area contributed by atoms with Gasteiger partial charge in [0.15, 0.2) is 11.6 Å². The molecule has 0 amide bonds. The van der Waals surface area contributed by atoms with Crippen LogP contribution in [0.25, 0.3) is 0 Å². The third-order valence-corrected chi connectivity index (χ3v) is 2.25. The number of carboxylic acids is 2. The molecular weight excluding hydrogens is 231 g/mol. The maximum Gasteiger partial charge on any atom is 0.311 e. The van der Waals surface area contributed by atoms with Gasteiger partial charge in [0.05, 0.1) is 19.4 Å². The van der Waals surface area contributed by atoms with Crippen molar-refractivity contribution in [3.8, 4) is 5.75 Å². The average molecular weight is 242 g/mol. The highest BCUT2D eigenvalue weighted by molar-refractivity contribution is 5.82. The van der Waals surface area contributed by atoms with Gasteiger partial charge in [-0.1, -0.05) is 6.07 Å². The fraction of sp³-hybridized carbons (Fsp3) is 0.273. The smallest absolute Gasteiger partial charge is 0.311 e. The summed E-state index contributed by atoms with van der Waals surface area (Å²) in [5.74, 6) is -4.47. The van der Waals surface area contributed by atoms with Crippen molar-refractivity contribution in [1.82, 2.24) is 0 Å². The zero-order valence-corrected chi connectivity index (χ0v) is 9.01. The molecule has 0 fully saturated rings. The number of methoxy groups -OCH3 is 1. The van der Waals surface area contributed by atoms with Crippen LogP contribution in [-0.2, 0) is 9.59 Å². The first-order valence-electron chi connectivity index (χ1n) is 4.73. The minimum Gasteiger partial charge on any atom is -0.494 e. The largest absolute Gasteiger partial charge is 0.494 e. The van der Waals surface area contributed by atoms with E-state index in [0.29, 0.717) is 0 Å². The Labute approximate surface area is 96.4 Å². The molecule has 2 N–H and O–H groups in total. The second-order valence-electron chi connectivity index (χ2n) is 3.38. The van der Waals surface area contributed by atoms with Crippen LogP contribution in [0.2, 0.25) is 0 Å². The first-order chi connectivity index (χ1) is 7.95. The number of rotatable bonds is 5. The molecule has 0 bridgehead atoms. The molecule has 6 heteroatoms. The number of hydrogen-bond donors (Lipinski definition) is 2. The topological polar surface area (TPSA) is 83.8 Å². The van der Waals surface area contributed by atoms with E-state index < -0.39 is 30.1 Å². The summed E-state index contributed by atoms with van der Waals surface area (Å²) in [4.78, 5) is 21.5. The van der Waals surface area contributed by atoms with Crippen molar-refractivity contribution in [2.24, 2.45) is 0 Å². The van der Waals surface area contributed by atoms with Gasteiger partial charge in [-0.3, -0.25) is 9.59 Å². The van der Waals surface area contributed by atoms with Gasteiger partial charge in [-0.25, -0.2) is 4.39 Å². The quantitative estimate of drug-likeness (QED) is 0.816. The monoisotopic (exact) mass is 242 g/mol. The van der Waals surface area contributed by atoms with Crippen LogP contribution >= 0.6 is 0 Å². The lowest BCUT2D eigenvalue weighted by Gasteiger charge is -2.11. The van der Waals surface area contributed by atoms with E-state index in [1.165, 1.54) is 19.2 Å². The van der Waals surface area contributed by atoms with Crippen molar-refractivity contribution in [2.75, 3.05) is 7.11 Å². The van der Waals surface area contributed by atoms with E-state index in [1.54, 1.807) is 0 Å². The van der Waals surface area contributed by atoms with Crippen molar-refractivity contribution in [3.05, 3.63) is 29.6 Å². The van der Waals surface area contributed by atoms with Gasteiger partial charge in [-0.05, 0) is 17.7 Å². The van der Waals surface area contributed by atoms with Crippen LogP contribution in [0.4, 0.5) is 4.39 Å². The summed E-state index contributed by atoms with van der Waals surface area (Å²) in [6.45, 7) is 0. The van der Waals surface area contributed by atoms with Crippen LogP contribution in [0.5, 0.6) is 5.75 Å². The van der Waals surface area contributed by atoms with Crippen LogP contribution in [0.15, 0.2) is 18.2 Å². The second-order valence-corrected chi connectivity index (χ2v) is 3.38. The van der Waals surface area contributed by atoms with E-state index in [-0.39, 0.29) is 11.3 Å². The highest BCUT2D eigenvalue weighted by atomic mass is 19.1. The van der Waals surface area contributed by atoms with Crippen LogP contribution in [0.1, 0.15) is 17.9 Å². The lowest BCUT2D eigenvalue weighted by atomic mass is 9.95. The molecule has 0 saturated carbocycles. The summed E-state index contributed by atoms with van der Waals surface area (Å²) >= 11 is 0. The van der Waals surface area contributed by atoms with E-state index in [1.807, 2.05) is 0 Å². The standard InChI is InChI=1S/C11H11FO5/c1-17-9-4-6(2-3-8(9)12)7(11(15)16)5-10(13)14/h2-4,7H,5H2,1H3,(H,13,14)(H,15,16). The minimum absolute atomic E-state index is 0.112. The van der Waals surface area contributed by atoms with Crippen LogP contribution in [-0.4, -0.2) is 29.3 Å². The molecule has 5 nitrogen and oxygen atoms in total. The fourth-order valence-electron chi connectivity index (χ4n) is 1.42. The first kappa shape index (κ1) is 13.0. The summed E-state index contributed by atoms with van der Waals surface area (Å²) in [5.41, 5.74) is 0.193. The molecular formula is C11H11FO5. The van der Waals surface area contributed by atoms with Gasteiger partial charge in [0, 0.05) is 0 Å². The van der Waals surface area contributed by atoms with Gasteiger partial charge in [0.2, 0.25) is 0 Å². The molecule has 1 atom stereocenters. The van der Waals surface area contributed by atoms with Crippen molar-refractivity contribution in [2.45, 2.75) is 12.3 Å². The molecule has 1 unspecified atom stereocenters. The van der Waals surface area contributed by atoms with Crippen LogP contribution in [0.3, 0.4) is 0 Å². The molecule has 0 saturated heterocycles. The van der Waals surface area contributed by atoms with Crippen molar-refractivity contribution >= 4 is 11.9 Å². The zero-order chi connectivity index (χ0) is 13.0. The maximum absolute atomic E-state index is 13.1. The summed E-state index contributed by atoms with van der Waals surface area (Å²) in [7, 11) is 1.25. The SMILES string of the molecule is COc1cc(C(CC(=O)O)C(=O)O)ccc1F. The highest BCUT2D eigenvalue weighted by Crippen LogP contribution is 2.26. The average Bonchev–Trinajstić information content (AvgIpc) is 2.26. The molecule has 0 aromatic heterocycles. The molecule has 1 aromatic rings. The molecule has 0 aliphatic heterocycles. The lowest BCUT2D eigenvalue weighted by molar-refractivity contribution is -0.145. The van der Waals surface area contributed by atoms with Crippen molar-refractivity contribution < 1.29 is 28.9 Å². The molecule has 0 aliphatic carbocycles. The van der Waals surface area contributed by atoms with Gasteiger partial charge < -0.3 is 14.9 Å². The number of hydrogen-bond acceptors (Lipinski definition) is 3. The molecule has 92 valence electrons. The van der Waals surface area contributed by atoms with Crippen LogP contribution < -0.4 is 4.74 Å². The number of ether oxygens (including phenoxy) is 1. The Kier molecular flexibility index (Phi) is 4.03. The predicted octanol–water partition coefficient (Wildman–Crippen LogP) is 1.48. The molecule has 1 aromatic carbocycles. The van der Waals surface area contributed by atoms with Gasteiger partial charge in [-0.15, -0.1) is 0 Å². The van der Waals surface area contributed by atoms with Crippen LogP contribution in [0, 0.1) is 5.82 Å². The van der Waals surface area contributed by atoms with E-state index in [2.05, 4.69) is 0 Å². The third-order valence-electron chi connectivity index (χ3n) is 2.25. The number of halogens is 1. The van der Waals surface area contributed by atoms with E-state index in [0.717, 1.165) is 6.07 Å². The minimum atomic E-state index is -1.28. The zero-order valence-electron chi connectivity index (χ0n) is 9.01. The molecule has 0 aliphatic rings. The molecule has 1 rings (SSSR count). The van der Waals surface area contributed by atoms with Gasteiger partial charge in [-0.2, -0.15) is 0 Å². The fourth-order valence-corrected chi connectivity index (χ4v) is 1.42. The van der Waals surface area contributed by atoms with Crippen molar-refractivity contribution in [3.63, 3.8) is 0 Å².